The molecule has 0 unspecified atom stereocenters. The predicted molar refractivity (Wildman–Crippen MR) is 84.5 cm³/mol. The quantitative estimate of drug-likeness (QED) is 0.847. The number of carbonyl (C=O) groups excluding carboxylic acids is 1. The largest absolute Gasteiger partial charge is 0.483 e. The zero-order valence-electron chi connectivity index (χ0n) is 12.3. The monoisotopic (exact) mass is 283 g/mol. The van der Waals surface area contributed by atoms with E-state index in [1.165, 1.54) is 5.56 Å². The summed E-state index contributed by atoms with van der Waals surface area (Å²) in [6.45, 7) is 2.77. The molecule has 21 heavy (non-hydrogen) atoms. The van der Waals surface area contributed by atoms with Crippen LogP contribution >= 0.6 is 0 Å². The van der Waals surface area contributed by atoms with Crippen molar-refractivity contribution < 1.29 is 9.53 Å². The fourth-order valence-corrected chi connectivity index (χ4v) is 2.07. The van der Waals surface area contributed by atoms with E-state index >= 15 is 0 Å². The third kappa shape index (κ3) is 4.95. The van der Waals surface area contributed by atoms with E-state index in [9.17, 15) is 4.79 Å². The Morgan fingerprint density at radius 1 is 1.05 bits per heavy atom. The molecule has 2 rings (SSSR count). The van der Waals surface area contributed by atoms with E-state index in [1.54, 1.807) is 0 Å². The van der Waals surface area contributed by atoms with Crippen molar-refractivity contribution in [3.8, 4) is 5.75 Å². The number of nitrogens with one attached hydrogen (secondary N) is 1. The number of hydrogen-bond acceptors (Lipinski definition) is 2. The highest BCUT2D eigenvalue weighted by atomic mass is 16.5. The minimum atomic E-state index is -0.0774. The van der Waals surface area contributed by atoms with Gasteiger partial charge in [0, 0.05) is 13.0 Å². The number of rotatable bonds is 7. The highest BCUT2D eigenvalue weighted by Crippen LogP contribution is 2.21. The van der Waals surface area contributed by atoms with Crippen LogP contribution in [0.3, 0.4) is 0 Å². The molecule has 0 radical (unpaired) electrons. The number of ether oxygens (including phenoxy) is 1. The molecule has 0 saturated heterocycles. The first-order chi connectivity index (χ1) is 10.3. The molecular formula is C18H21NO2. The minimum absolute atomic E-state index is 0.0613. The molecule has 2 aromatic carbocycles. The molecule has 110 valence electrons. The van der Waals surface area contributed by atoms with Crippen molar-refractivity contribution in [3.05, 3.63) is 65.7 Å². The summed E-state index contributed by atoms with van der Waals surface area (Å²) in [6.07, 6.45) is 1.73. The first-order valence-electron chi connectivity index (χ1n) is 7.31. The SMILES string of the molecule is CCCNC(=O)COc1ccccc1Cc1ccccc1. The van der Waals surface area contributed by atoms with E-state index in [0.717, 1.165) is 24.2 Å². The van der Waals surface area contributed by atoms with Crippen molar-refractivity contribution in [2.45, 2.75) is 19.8 Å². The molecule has 0 spiro atoms. The lowest BCUT2D eigenvalue weighted by atomic mass is 10.0. The number of carbonyl (C=O) groups is 1. The van der Waals surface area contributed by atoms with Gasteiger partial charge in [-0.25, -0.2) is 0 Å². The van der Waals surface area contributed by atoms with Gasteiger partial charge in [0.15, 0.2) is 6.61 Å². The third-order valence-electron chi connectivity index (χ3n) is 3.14. The fraction of sp³-hybridized carbons (Fsp3) is 0.278. The van der Waals surface area contributed by atoms with Crippen LogP contribution in [0.2, 0.25) is 0 Å². The second kappa shape index (κ2) is 8.10. The zero-order chi connectivity index (χ0) is 14.9. The maximum absolute atomic E-state index is 11.6. The smallest absolute Gasteiger partial charge is 0.257 e. The fourth-order valence-electron chi connectivity index (χ4n) is 2.07. The summed E-state index contributed by atoms with van der Waals surface area (Å²) in [7, 11) is 0. The van der Waals surface area contributed by atoms with E-state index in [0.29, 0.717) is 6.54 Å². The van der Waals surface area contributed by atoms with Gasteiger partial charge >= 0.3 is 0 Å². The van der Waals surface area contributed by atoms with Crippen LogP contribution in [0.4, 0.5) is 0 Å². The summed E-state index contributed by atoms with van der Waals surface area (Å²) >= 11 is 0. The molecule has 3 nitrogen and oxygen atoms in total. The van der Waals surface area contributed by atoms with Crippen molar-refractivity contribution in [2.24, 2.45) is 0 Å². The van der Waals surface area contributed by atoms with Crippen molar-refractivity contribution >= 4 is 5.91 Å². The minimum Gasteiger partial charge on any atom is -0.483 e. The van der Waals surface area contributed by atoms with Gasteiger partial charge in [0.25, 0.3) is 5.91 Å². The van der Waals surface area contributed by atoms with Crippen LogP contribution in [0.15, 0.2) is 54.6 Å². The lowest BCUT2D eigenvalue weighted by Gasteiger charge is -2.11. The van der Waals surface area contributed by atoms with Gasteiger partial charge in [-0.1, -0.05) is 55.5 Å². The summed E-state index contributed by atoms with van der Waals surface area (Å²) in [5.74, 6) is 0.694. The Morgan fingerprint density at radius 3 is 2.52 bits per heavy atom. The van der Waals surface area contributed by atoms with Crippen LogP contribution in [-0.2, 0) is 11.2 Å². The van der Waals surface area contributed by atoms with Crippen LogP contribution in [0.25, 0.3) is 0 Å². The van der Waals surface area contributed by atoms with E-state index in [4.69, 9.17) is 4.74 Å². The Kier molecular flexibility index (Phi) is 5.83. The van der Waals surface area contributed by atoms with Gasteiger partial charge in [-0.15, -0.1) is 0 Å². The number of hydrogen-bond donors (Lipinski definition) is 1. The summed E-state index contributed by atoms with van der Waals surface area (Å²) < 4.78 is 5.66. The van der Waals surface area contributed by atoms with Crippen molar-refractivity contribution in [1.82, 2.24) is 5.32 Å². The first-order valence-corrected chi connectivity index (χ1v) is 7.31. The van der Waals surface area contributed by atoms with Crippen LogP contribution in [-0.4, -0.2) is 19.1 Å². The Morgan fingerprint density at radius 2 is 1.76 bits per heavy atom. The van der Waals surface area contributed by atoms with Crippen LogP contribution in [0.1, 0.15) is 24.5 Å². The zero-order valence-corrected chi connectivity index (χ0v) is 12.3. The molecular weight excluding hydrogens is 262 g/mol. The van der Waals surface area contributed by atoms with E-state index in [1.807, 2.05) is 49.4 Å². The van der Waals surface area contributed by atoms with E-state index in [2.05, 4.69) is 17.4 Å². The molecule has 0 aliphatic rings. The summed E-state index contributed by atoms with van der Waals surface area (Å²) in [5.41, 5.74) is 2.32. The standard InChI is InChI=1S/C18H21NO2/c1-2-12-19-18(20)14-21-17-11-7-6-10-16(17)13-15-8-4-3-5-9-15/h3-11H,2,12-14H2,1H3,(H,19,20). The summed E-state index contributed by atoms with van der Waals surface area (Å²) in [5, 5.41) is 2.81. The van der Waals surface area contributed by atoms with E-state index in [-0.39, 0.29) is 12.5 Å². The molecule has 0 fully saturated rings. The Labute approximate surface area is 126 Å². The molecule has 3 heteroatoms. The molecule has 0 atom stereocenters. The van der Waals surface area contributed by atoms with Gasteiger partial charge in [0.05, 0.1) is 0 Å². The van der Waals surface area contributed by atoms with Crippen molar-refractivity contribution in [3.63, 3.8) is 0 Å². The lowest BCUT2D eigenvalue weighted by molar-refractivity contribution is -0.123. The van der Waals surface area contributed by atoms with Crippen molar-refractivity contribution in [1.29, 1.82) is 0 Å². The highest BCUT2D eigenvalue weighted by molar-refractivity contribution is 5.77. The van der Waals surface area contributed by atoms with Crippen LogP contribution < -0.4 is 10.1 Å². The average molecular weight is 283 g/mol. The average Bonchev–Trinajstić information content (AvgIpc) is 2.53. The number of para-hydroxylation sites is 1. The summed E-state index contributed by atoms with van der Waals surface area (Å²) in [4.78, 5) is 11.6. The van der Waals surface area contributed by atoms with Gasteiger partial charge in [-0.2, -0.15) is 0 Å². The highest BCUT2D eigenvalue weighted by Gasteiger charge is 2.06. The second-order valence-corrected chi connectivity index (χ2v) is 4.91. The number of benzene rings is 2. The van der Waals surface area contributed by atoms with Gasteiger partial charge in [-0.05, 0) is 23.6 Å². The molecule has 1 amide bonds. The molecule has 0 heterocycles. The molecule has 0 aromatic heterocycles. The molecule has 0 saturated carbocycles. The first kappa shape index (κ1) is 15.1. The molecule has 2 aromatic rings. The predicted octanol–water partition coefficient (Wildman–Crippen LogP) is 3.18. The molecule has 0 aliphatic carbocycles. The van der Waals surface area contributed by atoms with Gasteiger partial charge in [0.1, 0.15) is 5.75 Å². The van der Waals surface area contributed by atoms with E-state index < -0.39 is 0 Å². The Hall–Kier alpha value is -2.29. The second-order valence-electron chi connectivity index (χ2n) is 4.91. The summed E-state index contributed by atoms with van der Waals surface area (Å²) in [6, 6.07) is 18.1. The third-order valence-corrected chi connectivity index (χ3v) is 3.14. The lowest BCUT2D eigenvalue weighted by Crippen LogP contribution is -2.29. The topological polar surface area (TPSA) is 38.3 Å². The van der Waals surface area contributed by atoms with Crippen molar-refractivity contribution in [2.75, 3.05) is 13.2 Å². The van der Waals surface area contributed by atoms with Gasteiger partial charge in [-0.3, -0.25) is 4.79 Å². The van der Waals surface area contributed by atoms with Gasteiger partial charge < -0.3 is 10.1 Å². The maximum atomic E-state index is 11.6. The Bertz CT molecular complexity index is 566. The molecule has 0 bridgehead atoms. The number of amides is 1. The molecule has 0 aliphatic heterocycles. The maximum Gasteiger partial charge on any atom is 0.257 e. The van der Waals surface area contributed by atoms with Gasteiger partial charge in [0.2, 0.25) is 0 Å². The normalized spacial score (nSPS) is 10.1. The Balaban J connectivity index is 1.98. The van der Waals surface area contributed by atoms with Crippen LogP contribution in [0.5, 0.6) is 5.75 Å². The van der Waals surface area contributed by atoms with Crippen LogP contribution in [0, 0.1) is 0 Å². The molecule has 1 N–H and O–H groups in total.